The minimum atomic E-state index is 0.388. The van der Waals surface area contributed by atoms with Crippen molar-refractivity contribution < 1.29 is 0 Å². The van der Waals surface area contributed by atoms with Crippen LogP contribution in [0.25, 0.3) is 11.4 Å². The number of nitrogens with zero attached hydrogens (tertiary/aromatic N) is 4. The lowest BCUT2D eigenvalue weighted by molar-refractivity contribution is 0.772. The molecule has 0 saturated carbocycles. The Hall–Kier alpha value is -1.42. The topological polar surface area (TPSA) is 43.6 Å². The first-order chi connectivity index (χ1) is 6.27. The van der Waals surface area contributed by atoms with Crippen LogP contribution in [0.5, 0.6) is 0 Å². The molecule has 0 spiro atoms. The van der Waals surface area contributed by atoms with Crippen molar-refractivity contribution in [2.75, 3.05) is 0 Å². The summed E-state index contributed by atoms with van der Waals surface area (Å²) in [6.07, 6.45) is 4.86. The van der Waals surface area contributed by atoms with Gasteiger partial charge in [0.25, 0.3) is 0 Å². The molecule has 2 rings (SSSR count). The molecule has 0 amide bonds. The van der Waals surface area contributed by atoms with Crippen LogP contribution in [0.2, 0.25) is 5.15 Å². The van der Waals surface area contributed by atoms with E-state index < -0.39 is 0 Å². The molecule has 0 aliphatic rings. The second-order valence-corrected chi connectivity index (χ2v) is 2.95. The lowest BCUT2D eigenvalue weighted by Gasteiger charge is -1.99. The average Bonchev–Trinajstić information content (AvgIpc) is 2.51. The Morgan fingerprint density at radius 3 is 2.85 bits per heavy atom. The predicted molar refractivity (Wildman–Crippen MR) is 49.2 cm³/mol. The van der Waals surface area contributed by atoms with E-state index >= 15 is 0 Å². The quantitative estimate of drug-likeness (QED) is 0.692. The van der Waals surface area contributed by atoms with Crippen LogP contribution in [-0.4, -0.2) is 19.7 Å². The highest BCUT2D eigenvalue weighted by Crippen LogP contribution is 2.15. The van der Waals surface area contributed by atoms with Gasteiger partial charge in [0, 0.05) is 13.2 Å². The van der Waals surface area contributed by atoms with Crippen molar-refractivity contribution in [2.24, 2.45) is 7.05 Å². The molecule has 5 heteroatoms. The molecule has 0 atom stereocenters. The summed E-state index contributed by atoms with van der Waals surface area (Å²) >= 11 is 5.71. The van der Waals surface area contributed by atoms with Crippen LogP contribution in [0.1, 0.15) is 0 Å². The normalized spacial score (nSPS) is 10.3. The van der Waals surface area contributed by atoms with Gasteiger partial charge in [-0.15, -0.1) is 0 Å². The van der Waals surface area contributed by atoms with Crippen molar-refractivity contribution in [1.29, 1.82) is 0 Å². The van der Waals surface area contributed by atoms with Crippen molar-refractivity contribution in [3.63, 3.8) is 0 Å². The molecule has 0 fully saturated rings. The molecule has 2 aromatic rings. The first-order valence-corrected chi connectivity index (χ1v) is 4.11. The third-order valence-corrected chi connectivity index (χ3v) is 1.87. The summed E-state index contributed by atoms with van der Waals surface area (Å²) in [6.45, 7) is 0. The third kappa shape index (κ3) is 1.53. The molecule has 2 aromatic heterocycles. The molecule has 0 radical (unpaired) electrons. The van der Waals surface area contributed by atoms with E-state index in [0.29, 0.717) is 5.15 Å². The Bertz CT molecular complexity index is 424. The van der Waals surface area contributed by atoms with Gasteiger partial charge in [-0.2, -0.15) is 5.10 Å². The summed E-state index contributed by atoms with van der Waals surface area (Å²) in [5.74, 6) is 0. The molecule has 0 N–H and O–H groups in total. The molecule has 0 saturated heterocycles. The molecule has 0 aliphatic heterocycles. The number of halogens is 1. The maximum Gasteiger partial charge on any atom is 0.148 e. The van der Waals surface area contributed by atoms with Crippen molar-refractivity contribution in [2.45, 2.75) is 0 Å². The first-order valence-electron chi connectivity index (χ1n) is 3.73. The van der Waals surface area contributed by atoms with Gasteiger partial charge in [0.1, 0.15) is 10.8 Å². The van der Waals surface area contributed by atoms with Crippen LogP contribution in [-0.2, 0) is 7.05 Å². The zero-order valence-corrected chi connectivity index (χ0v) is 7.73. The SMILES string of the molecule is Cn1nccc1-c1cncc(Cl)n1. The fourth-order valence-electron chi connectivity index (χ4n) is 1.09. The Labute approximate surface area is 80.2 Å². The molecule has 4 nitrogen and oxygen atoms in total. The monoisotopic (exact) mass is 194 g/mol. The Morgan fingerprint density at radius 2 is 2.23 bits per heavy atom. The fourth-order valence-corrected chi connectivity index (χ4v) is 1.24. The van der Waals surface area contributed by atoms with Crippen LogP contribution in [0.4, 0.5) is 0 Å². The smallest absolute Gasteiger partial charge is 0.148 e. The van der Waals surface area contributed by atoms with E-state index in [1.807, 2.05) is 13.1 Å². The van der Waals surface area contributed by atoms with Crippen LogP contribution >= 0.6 is 11.6 Å². The van der Waals surface area contributed by atoms with Gasteiger partial charge in [0.05, 0.1) is 18.1 Å². The van der Waals surface area contributed by atoms with E-state index in [9.17, 15) is 0 Å². The van der Waals surface area contributed by atoms with Crippen LogP contribution in [0, 0.1) is 0 Å². The zero-order valence-electron chi connectivity index (χ0n) is 6.98. The average molecular weight is 195 g/mol. The lowest BCUT2D eigenvalue weighted by Crippen LogP contribution is -1.95. The summed E-state index contributed by atoms with van der Waals surface area (Å²) in [5.41, 5.74) is 1.63. The number of aromatic nitrogens is 4. The van der Waals surface area contributed by atoms with Crippen LogP contribution in [0.3, 0.4) is 0 Å². The first kappa shape index (κ1) is 8.19. The standard InChI is InChI=1S/C8H7ClN4/c1-13-7(2-3-11-13)6-4-10-5-8(9)12-6/h2-5H,1H3. The summed E-state index contributed by atoms with van der Waals surface area (Å²) in [6, 6.07) is 1.86. The highest BCUT2D eigenvalue weighted by Gasteiger charge is 2.04. The molecule has 0 aromatic carbocycles. The maximum absolute atomic E-state index is 5.71. The summed E-state index contributed by atoms with van der Waals surface area (Å²) in [5, 5.41) is 4.42. The van der Waals surface area contributed by atoms with Gasteiger partial charge in [0.15, 0.2) is 0 Å². The highest BCUT2D eigenvalue weighted by molar-refractivity contribution is 6.29. The van der Waals surface area contributed by atoms with Crippen LogP contribution < -0.4 is 0 Å². The molecule has 0 unspecified atom stereocenters. The fraction of sp³-hybridized carbons (Fsp3) is 0.125. The van der Waals surface area contributed by atoms with E-state index in [-0.39, 0.29) is 0 Å². The summed E-state index contributed by atoms with van der Waals surface area (Å²) < 4.78 is 1.72. The Kier molecular flexibility index (Phi) is 1.98. The molecule has 66 valence electrons. The molecular weight excluding hydrogens is 188 g/mol. The molecular formula is C8H7ClN4. The van der Waals surface area contributed by atoms with Crippen molar-refractivity contribution >= 4 is 11.6 Å². The van der Waals surface area contributed by atoms with Crippen molar-refractivity contribution in [3.8, 4) is 11.4 Å². The second-order valence-electron chi connectivity index (χ2n) is 2.57. The molecule has 0 bridgehead atoms. The van der Waals surface area contributed by atoms with Crippen LogP contribution in [0.15, 0.2) is 24.7 Å². The minimum absolute atomic E-state index is 0.388. The predicted octanol–water partition coefficient (Wildman–Crippen LogP) is 1.53. The van der Waals surface area contributed by atoms with E-state index in [1.54, 1.807) is 17.1 Å². The van der Waals surface area contributed by atoms with E-state index in [4.69, 9.17) is 11.6 Å². The Balaban J connectivity index is 2.53. The van der Waals surface area contributed by atoms with Gasteiger partial charge in [-0.3, -0.25) is 9.67 Å². The van der Waals surface area contributed by atoms with Gasteiger partial charge >= 0.3 is 0 Å². The number of aryl methyl sites for hydroxylation is 1. The zero-order chi connectivity index (χ0) is 9.26. The van der Waals surface area contributed by atoms with E-state index in [1.165, 1.54) is 6.20 Å². The second kappa shape index (κ2) is 3.14. The molecule has 0 aliphatic carbocycles. The van der Waals surface area contributed by atoms with Crippen molar-refractivity contribution in [1.82, 2.24) is 19.7 Å². The third-order valence-electron chi connectivity index (χ3n) is 1.69. The number of hydrogen-bond acceptors (Lipinski definition) is 3. The van der Waals surface area contributed by atoms with Gasteiger partial charge in [-0.25, -0.2) is 4.98 Å². The number of rotatable bonds is 1. The van der Waals surface area contributed by atoms with Gasteiger partial charge in [-0.1, -0.05) is 11.6 Å². The lowest BCUT2D eigenvalue weighted by atomic mass is 10.3. The summed E-state index contributed by atoms with van der Waals surface area (Å²) in [4.78, 5) is 8.06. The van der Waals surface area contributed by atoms with E-state index in [0.717, 1.165) is 11.4 Å². The van der Waals surface area contributed by atoms with Gasteiger partial charge < -0.3 is 0 Å². The Morgan fingerprint density at radius 1 is 1.38 bits per heavy atom. The maximum atomic E-state index is 5.71. The number of hydrogen-bond donors (Lipinski definition) is 0. The summed E-state index contributed by atoms with van der Waals surface area (Å²) in [7, 11) is 1.85. The van der Waals surface area contributed by atoms with Gasteiger partial charge in [0.2, 0.25) is 0 Å². The largest absolute Gasteiger partial charge is 0.266 e. The van der Waals surface area contributed by atoms with Crippen molar-refractivity contribution in [3.05, 3.63) is 29.8 Å². The van der Waals surface area contributed by atoms with Gasteiger partial charge in [-0.05, 0) is 6.07 Å². The van der Waals surface area contributed by atoms with E-state index in [2.05, 4.69) is 15.1 Å². The minimum Gasteiger partial charge on any atom is -0.266 e. The molecule has 13 heavy (non-hydrogen) atoms. The molecule has 2 heterocycles. The highest BCUT2D eigenvalue weighted by atomic mass is 35.5.